The molecule has 0 aliphatic heterocycles. The minimum absolute atomic E-state index is 0.0227. The van der Waals surface area contributed by atoms with Crippen molar-refractivity contribution in [2.45, 2.75) is 38.1 Å². The second kappa shape index (κ2) is 6.36. The van der Waals surface area contributed by atoms with Gasteiger partial charge in [0.25, 0.3) is 5.69 Å². The van der Waals surface area contributed by atoms with Crippen LogP contribution in [0.3, 0.4) is 0 Å². The third-order valence-corrected chi connectivity index (χ3v) is 3.66. The second-order valence-electron chi connectivity index (χ2n) is 5.02. The molecular weight excluding hydrogens is 260 g/mol. The number of amides is 1. The third-order valence-electron chi connectivity index (χ3n) is 3.66. The van der Waals surface area contributed by atoms with Crippen LogP contribution in [0.5, 0.6) is 5.75 Å². The highest BCUT2D eigenvalue weighted by molar-refractivity contribution is 5.70. The predicted molar refractivity (Wildman–Crippen MR) is 73.8 cm³/mol. The number of carbonyl (C=O) groups excluding carboxylic acids is 1. The molecule has 1 amide bonds. The zero-order chi connectivity index (χ0) is 14.5. The lowest BCUT2D eigenvalue weighted by molar-refractivity contribution is -0.384. The molecule has 1 fully saturated rings. The van der Waals surface area contributed by atoms with Crippen molar-refractivity contribution < 1.29 is 14.5 Å². The molecule has 6 heteroatoms. The Kier molecular flexibility index (Phi) is 4.55. The van der Waals surface area contributed by atoms with Gasteiger partial charge >= 0.3 is 6.09 Å². The fourth-order valence-electron chi connectivity index (χ4n) is 2.43. The first-order chi connectivity index (χ1) is 9.58. The maximum Gasteiger partial charge on any atom is 0.415 e. The Hall–Kier alpha value is -2.11. The molecule has 6 nitrogen and oxygen atoms in total. The van der Waals surface area contributed by atoms with E-state index in [9.17, 15) is 14.9 Å². The van der Waals surface area contributed by atoms with Gasteiger partial charge < -0.3 is 9.64 Å². The Morgan fingerprint density at radius 2 is 1.85 bits per heavy atom. The van der Waals surface area contributed by atoms with Crippen molar-refractivity contribution in [3.05, 3.63) is 34.4 Å². The van der Waals surface area contributed by atoms with Crippen LogP contribution in [-0.4, -0.2) is 29.0 Å². The van der Waals surface area contributed by atoms with Crippen molar-refractivity contribution in [1.29, 1.82) is 0 Å². The maximum atomic E-state index is 12.0. The summed E-state index contributed by atoms with van der Waals surface area (Å²) < 4.78 is 5.23. The van der Waals surface area contributed by atoms with Crippen molar-refractivity contribution in [1.82, 2.24) is 4.90 Å². The molecule has 0 aromatic heterocycles. The molecule has 0 bridgehead atoms. The van der Waals surface area contributed by atoms with Crippen LogP contribution >= 0.6 is 0 Å². The van der Waals surface area contributed by atoms with Crippen molar-refractivity contribution in [3.63, 3.8) is 0 Å². The van der Waals surface area contributed by atoms with Crippen molar-refractivity contribution in [2.24, 2.45) is 0 Å². The van der Waals surface area contributed by atoms with Gasteiger partial charge in [-0.05, 0) is 25.0 Å². The van der Waals surface area contributed by atoms with E-state index >= 15 is 0 Å². The Bertz CT molecular complexity index is 480. The summed E-state index contributed by atoms with van der Waals surface area (Å²) in [6, 6.07) is 5.75. The topological polar surface area (TPSA) is 72.7 Å². The number of benzene rings is 1. The van der Waals surface area contributed by atoms with E-state index in [4.69, 9.17) is 4.74 Å². The summed E-state index contributed by atoms with van der Waals surface area (Å²) in [5, 5.41) is 10.5. The molecule has 2 rings (SSSR count). The van der Waals surface area contributed by atoms with Gasteiger partial charge in [0.15, 0.2) is 0 Å². The molecule has 0 heterocycles. The number of non-ortho nitro benzene ring substituents is 1. The molecule has 0 radical (unpaired) electrons. The molecule has 1 aliphatic carbocycles. The molecule has 0 saturated heterocycles. The van der Waals surface area contributed by atoms with E-state index in [1.165, 1.54) is 30.7 Å². The molecule has 108 valence electrons. The highest BCUT2D eigenvalue weighted by atomic mass is 16.6. The fourth-order valence-corrected chi connectivity index (χ4v) is 2.43. The first-order valence-corrected chi connectivity index (χ1v) is 6.77. The van der Waals surface area contributed by atoms with E-state index in [0.29, 0.717) is 5.75 Å². The van der Waals surface area contributed by atoms with Crippen LogP contribution < -0.4 is 4.74 Å². The van der Waals surface area contributed by atoms with Crippen LogP contribution in [0.2, 0.25) is 0 Å². The van der Waals surface area contributed by atoms with E-state index in [0.717, 1.165) is 25.7 Å². The van der Waals surface area contributed by atoms with Crippen LogP contribution in [0.4, 0.5) is 10.5 Å². The lowest BCUT2D eigenvalue weighted by Gasteiger charge is -2.30. The summed E-state index contributed by atoms with van der Waals surface area (Å²) in [4.78, 5) is 23.7. The highest BCUT2D eigenvalue weighted by Crippen LogP contribution is 2.23. The minimum Gasteiger partial charge on any atom is -0.410 e. The summed E-state index contributed by atoms with van der Waals surface area (Å²) in [6.45, 7) is 0. The van der Waals surface area contributed by atoms with E-state index in [1.807, 2.05) is 0 Å². The second-order valence-corrected chi connectivity index (χ2v) is 5.02. The number of nitrogens with zero attached hydrogens (tertiary/aromatic N) is 2. The van der Waals surface area contributed by atoms with E-state index in [2.05, 4.69) is 0 Å². The van der Waals surface area contributed by atoms with E-state index < -0.39 is 11.0 Å². The van der Waals surface area contributed by atoms with Crippen LogP contribution in [0, 0.1) is 10.1 Å². The van der Waals surface area contributed by atoms with Crippen LogP contribution in [-0.2, 0) is 0 Å². The van der Waals surface area contributed by atoms with Gasteiger partial charge in [-0.3, -0.25) is 10.1 Å². The smallest absolute Gasteiger partial charge is 0.410 e. The zero-order valence-electron chi connectivity index (χ0n) is 11.4. The number of nitro benzene ring substituents is 1. The number of carbonyl (C=O) groups is 1. The van der Waals surface area contributed by atoms with Gasteiger partial charge in [0, 0.05) is 25.2 Å². The number of rotatable bonds is 3. The van der Waals surface area contributed by atoms with Gasteiger partial charge in [0.2, 0.25) is 0 Å². The zero-order valence-corrected chi connectivity index (χ0v) is 11.4. The Morgan fingerprint density at radius 3 is 2.40 bits per heavy atom. The lowest BCUT2D eigenvalue weighted by Crippen LogP contribution is -2.39. The van der Waals surface area contributed by atoms with Gasteiger partial charge in [-0.25, -0.2) is 4.79 Å². The number of hydrogen-bond donors (Lipinski definition) is 0. The Labute approximate surface area is 117 Å². The maximum absolute atomic E-state index is 12.0. The summed E-state index contributed by atoms with van der Waals surface area (Å²) in [6.07, 6.45) is 5.10. The molecule has 0 atom stereocenters. The average molecular weight is 278 g/mol. The van der Waals surface area contributed by atoms with E-state index in [1.54, 1.807) is 11.9 Å². The minimum atomic E-state index is -0.486. The molecule has 1 aromatic carbocycles. The molecule has 0 N–H and O–H groups in total. The predicted octanol–water partition coefficient (Wildman–Crippen LogP) is 3.36. The molecule has 1 aliphatic rings. The van der Waals surface area contributed by atoms with Crippen molar-refractivity contribution in [3.8, 4) is 5.75 Å². The summed E-state index contributed by atoms with van der Waals surface area (Å²) in [5.74, 6) is 0.322. The van der Waals surface area contributed by atoms with Gasteiger partial charge in [0.05, 0.1) is 4.92 Å². The Balaban J connectivity index is 1.94. The lowest BCUT2D eigenvalue weighted by atomic mass is 9.95. The van der Waals surface area contributed by atoms with Crippen molar-refractivity contribution in [2.75, 3.05) is 7.05 Å². The van der Waals surface area contributed by atoms with Crippen LogP contribution in [0.1, 0.15) is 32.1 Å². The SMILES string of the molecule is CN(C(=O)Oc1ccc([N+](=O)[O-])cc1)C1CCCCC1. The van der Waals surface area contributed by atoms with Gasteiger partial charge in [-0.1, -0.05) is 19.3 Å². The standard InChI is InChI=1S/C14H18N2O4/c1-15(11-5-3-2-4-6-11)14(17)20-13-9-7-12(8-10-13)16(18)19/h7-11H,2-6H2,1H3. The molecule has 0 spiro atoms. The highest BCUT2D eigenvalue weighted by Gasteiger charge is 2.23. The quantitative estimate of drug-likeness (QED) is 0.627. The number of ether oxygens (including phenoxy) is 1. The van der Waals surface area contributed by atoms with Crippen LogP contribution in [0.25, 0.3) is 0 Å². The number of hydrogen-bond acceptors (Lipinski definition) is 4. The van der Waals surface area contributed by atoms with Gasteiger partial charge in [0.1, 0.15) is 5.75 Å². The summed E-state index contributed by atoms with van der Waals surface area (Å²) in [7, 11) is 1.74. The van der Waals surface area contributed by atoms with E-state index in [-0.39, 0.29) is 11.7 Å². The largest absolute Gasteiger partial charge is 0.415 e. The first kappa shape index (κ1) is 14.3. The molecule has 0 unspecified atom stereocenters. The molecule has 1 saturated carbocycles. The third kappa shape index (κ3) is 3.46. The normalized spacial score (nSPS) is 15.7. The number of nitro groups is 1. The monoisotopic (exact) mass is 278 g/mol. The van der Waals surface area contributed by atoms with Gasteiger partial charge in [-0.15, -0.1) is 0 Å². The summed E-state index contributed by atoms with van der Waals surface area (Å²) >= 11 is 0. The molecule has 20 heavy (non-hydrogen) atoms. The first-order valence-electron chi connectivity index (χ1n) is 6.77. The van der Waals surface area contributed by atoms with Gasteiger partial charge in [-0.2, -0.15) is 0 Å². The average Bonchev–Trinajstić information content (AvgIpc) is 2.48. The molecular formula is C14H18N2O4. The molecule has 1 aromatic rings. The van der Waals surface area contributed by atoms with Crippen molar-refractivity contribution >= 4 is 11.8 Å². The fraction of sp³-hybridized carbons (Fsp3) is 0.500. The summed E-state index contributed by atoms with van der Waals surface area (Å²) in [5.41, 5.74) is -0.0227. The Morgan fingerprint density at radius 1 is 1.25 bits per heavy atom. The van der Waals surface area contributed by atoms with Crippen LogP contribution in [0.15, 0.2) is 24.3 Å².